The van der Waals surface area contributed by atoms with E-state index in [1.165, 1.54) is 19.0 Å². The van der Waals surface area contributed by atoms with Crippen LogP contribution in [0.2, 0.25) is 0 Å². The minimum Gasteiger partial charge on any atom is -0.383 e. The van der Waals surface area contributed by atoms with Gasteiger partial charge >= 0.3 is 6.18 Å². The summed E-state index contributed by atoms with van der Waals surface area (Å²) in [7, 11) is 3.07. The first kappa shape index (κ1) is 12.0. The van der Waals surface area contributed by atoms with Crippen LogP contribution in [0.5, 0.6) is 0 Å². The van der Waals surface area contributed by atoms with Crippen LogP contribution >= 0.6 is 0 Å². The van der Waals surface area contributed by atoms with Gasteiger partial charge in [0, 0.05) is 33.1 Å². The number of rotatable bonds is 3. The van der Waals surface area contributed by atoms with Crippen molar-refractivity contribution >= 4 is 6.21 Å². The SMILES string of the molecule is CCN=C/C(=C/N(C)C)C(F)(F)F. The molecule has 0 saturated carbocycles. The van der Waals surface area contributed by atoms with E-state index in [1.54, 1.807) is 6.92 Å². The fraction of sp³-hybridized carbons (Fsp3) is 0.625. The van der Waals surface area contributed by atoms with Gasteiger partial charge in [-0.3, -0.25) is 4.99 Å². The number of hydrogen-bond acceptors (Lipinski definition) is 2. The Labute approximate surface area is 75.8 Å². The van der Waals surface area contributed by atoms with Gasteiger partial charge < -0.3 is 4.90 Å². The summed E-state index contributed by atoms with van der Waals surface area (Å²) in [5, 5.41) is 0. The fourth-order valence-electron chi connectivity index (χ4n) is 0.648. The number of halogens is 3. The summed E-state index contributed by atoms with van der Waals surface area (Å²) in [5.74, 6) is 0. The third kappa shape index (κ3) is 5.27. The molecular weight excluding hydrogens is 181 g/mol. The zero-order valence-corrected chi connectivity index (χ0v) is 7.89. The van der Waals surface area contributed by atoms with Crippen LogP contribution in [-0.2, 0) is 0 Å². The van der Waals surface area contributed by atoms with Crippen molar-refractivity contribution in [2.75, 3.05) is 20.6 Å². The van der Waals surface area contributed by atoms with E-state index in [1.807, 2.05) is 0 Å². The maximum Gasteiger partial charge on any atom is 0.419 e. The summed E-state index contributed by atoms with van der Waals surface area (Å²) in [5.41, 5.74) is -0.737. The highest BCUT2D eigenvalue weighted by Gasteiger charge is 2.32. The van der Waals surface area contributed by atoms with E-state index in [0.717, 1.165) is 12.4 Å². The molecule has 0 aromatic carbocycles. The number of aliphatic imine (C=N–C) groups is 1. The van der Waals surface area contributed by atoms with Crippen molar-refractivity contribution in [2.24, 2.45) is 4.99 Å². The van der Waals surface area contributed by atoms with Crippen LogP contribution in [0.3, 0.4) is 0 Å². The molecule has 0 saturated heterocycles. The lowest BCUT2D eigenvalue weighted by molar-refractivity contribution is -0.0864. The van der Waals surface area contributed by atoms with E-state index in [9.17, 15) is 13.2 Å². The summed E-state index contributed by atoms with van der Waals surface area (Å²) in [6.07, 6.45) is -2.48. The molecule has 0 rings (SSSR count). The van der Waals surface area contributed by atoms with Crippen molar-refractivity contribution in [3.05, 3.63) is 11.8 Å². The first-order chi connectivity index (χ1) is 5.88. The normalized spacial score (nSPS) is 13.8. The molecule has 0 aliphatic heterocycles. The number of nitrogens with zero attached hydrogens (tertiary/aromatic N) is 2. The molecule has 0 heterocycles. The summed E-state index contributed by atoms with van der Waals surface area (Å²) in [6.45, 7) is 2.03. The van der Waals surface area contributed by atoms with Crippen molar-refractivity contribution < 1.29 is 13.2 Å². The van der Waals surface area contributed by atoms with Crippen molar-refractivity contribution in [3.8, 4) is 0 Å². The van der Waals surface area contributed by atoms with Crippen LogP contribution in [-0.4, -0.2) is 37.9 Å². The number of hydrogen-bond donors (Lipinski definition) is 0. The minimum atomic E-state index is -4.33. The zero-order valence-electron chi connectivity index (χ0n) is 7.89. The van der Waals surface area contributed by atoms with Gasteiger partial charge in [-0.1, -0.05) is 0 Å². The molecule has 0 bridgehead atoms. The summed E-state index contributed by atoms with van der Waals surface area (Å²) in [4.78, 5) is 4.89. The largest absolute Gasteiger partial charge is 0.419 e. The molecule has 0 unspecified atom stereocenters. The molecule has 0 spiro atoms. The Morgan fingerprint density at radius 2 is 1.92 bits per heavy atom. The maximum absolute atomic E-state index is 12.2. The topological polar surface area (TPSA) is 15.6 Å². The van der Waals surface area contributed by atoms with Crippen LogP contribution in [0.4, 0.5) is 13.2 Å². The molecule has 13 heavy (non-hydrogen) atoms. The Kier molecular flexibility index (Phi) is 4.51. The van der Waals surface area contributed by atoms with Gasteiger partial charge in [0.05, 0.1) is 5.57 Å². The maximum atomic E-state index is 12.2. The predicted molar refractivity (Wildman–Crippen MR) is 46.9 cm³/mol. The molecule has 2 nitrogen and oxygen atoms in total. The van der Waals surface area contributed by atoms with E-state index in [-0.39, 0.29) is 0 Å². The Morgan fingerprint density at radius 3 is 2.23 bits per heavy atom. The lowest BCUT2D eigenvalue weighted by Crippen LogP contribution is -2.17. The van der Waals surface area contributed by atoms with Crippen molar-refractivity contribution in [3.63, 3.8) is 0 Å². The third-order valence-electron chi connectivity index (χ3n) is 1.14. The van der Waals surface area contributed by atoms with Gasteiger partial charge in [0.25, 0.3) is 0 Å². The molecule has 0 amide bonds. The average Bonchev–Trinajstić information content (AvgIpc) is 1.95. The van der Waals surface area contributed by atoms with Crippen molar-refractivity contribution in [2.45, 2.75) is 13.1 Å². The van der Waals surface area contributed by atoms with E-state index in [4.69, 9.17) is 0 Å². The molecule has 0 aromatic heterocycles. The van der Waals surface area contributed by atoms with E-state index in [0.29, 0.717) is 6.54 Å². The second kappa shape index (κ2) is 4.89. The van der Waals surface area contributed by atoms with Crippen LogP contribution in [0.25, 0.3) is 0 Å². The molecule has 0 radical (unpaired) electrons. The second-order valence-electron chi connectivity index (χ2n) is 2.67. The summed E-state index contributed by atoms with van der Waals surface area (Å²) in [6, 6.07) is 0. The average molecular weight is 194 g/mol. The first-order valence-electron chi connectivity index (χ1n) is 3.83. The number of allylic oxidation sites excluding steroid dienone is 1. The molecule has 0 aromatic rings. The van der Waals surface area contributed by atoms with Crippen LogP contribution in [0.1, 0.15) is 6.92 Å². The quantitative estimate of drug-likeness (QED) is 0.628. The van der Waals surface area contributed by atoms with Gasteiger partial charge in [-0.15, -0.1) is 0 Å². The predicted octanol–water partition coefficient (Wildman–Crippen LogP) is 2.08. The van der Waals surface area contributed by atoms with E-state index >= 15 is 0 Å². The van der Waals surface area contributed by atoms with Crippen molar-refractivity contribution in [1.29, 1.82) is 0 Å². The first-order valence-corrected chi connectivity index (χ1v) is 3.83. The molecule has 0 atom stereocenters. The van der Waals surface area contributed by atoms with Gasteiger partial charge in [-0.25, -0.2) is 0 Å². The smallest absolute Gasteiger partial charge is 0.383 e. The van der Waals surface area contributed by atoms with Gasteiger partial charge in [0.1, 0.15) is 0 Å². The highest BCUT2D eigenvalue weighted by Crippen LogP contribution is 2.24. The molecule has 0 N–H and O–H groups in total. The van der Waals surface area contributed by atoms with Gasteiger partial charge in [0.2, 0.25) is 0 Å². The zero-order chi connectivity index (χ0) is 10.5. The highest BCUT2D eigenvalue weighted by atomic mass is 19.4. The van der Waals surface area contributed by atoms with Crippen molar-refractivity contribution in [1.82, 2.24) is 4.90 Å². The van der Waals surface area contributed by atoms with Gasteiger partial charge in [-0.05, 0) is 6.92 Å². The van der Waals surface area contributed by atoms with Gasteiger partial charge in [-0.2, -0.15) is 13.2 Å². The highest BCUT2D eigenvalue weighted by molar-refractivity contribution is 5.80. The lowest BCUT2D eigenvalue weighted by Gasteiger charge is -2.11. The monoisotopic (exact) mass is 194 g/mol. The Bertz CT molecular complexity index is 204. The molecule has 0 aliphatic rings. The van der Waals surface area contributed by atoms with E-state index in [2.05, 4.69) is 4.99 Å². The standard InChI is InChI=1S/C8H13F3N2/c1-4-12-5-7(6-13(2)3)8(9,10)11/h5-6H,4H2,1-3H3/b7-6-,12-5?. The van der Waals surface area contributed by atoms with E-state index < -0.39 is 11.7 Å². The number of alkyl halides is 3. The molecule has 0 fully saturated rings. The Morgan fingerprint density at radius 1 is 1.38 bits per heavy atom. The summed E-state index contributed by atoms with van der Waals surface area (Å²) >= 11 is 0. The summed E-state index contributed by atoms with van der Waals surface area (Å²) < 4.78 is 36.7. The molecule has 5 heteroatoms. The van der Waals surface area contributed by atoms with Crippen LogP contribution < -0.4 is 0 Å². The lowest BCUT2D eigenvalue weighted by atomic mass is 10.3. The van der Waals surface area contributed by atoms with Gasteiger partial charge in [0.15, 0.2) is 0 Å². The van der Waals surface area contributed by atoms with Crippen LogP contribution in [0, 0.1) is 0 Å². The molecule has 76 valence electrons. The molecule has 0 aliphatic carbocycles. The Hall–Kier alpha value is -1.00. The fourth-order valence-corrected chi connectivity index (χ4v) is 0.648. The second-order valence-corrected chi connectivity index (χ2v) is 2.67. The Balaban J connectivity index is 4.67. The minimum absolute atomic E-state index is 0.348. The molecular formula is C8H13F3N2. The third-order valence-corrected chi connectivity index (χ3v) is 1.14. The van der Waals surface area contributed by atoms with Crippen LogP contribution in [0.15, 0.2) is 16.8 Å².